The number of hydrogen-bond donors (Lipinski definition) is 1. The zero-order valence-corrected chi connectivity index (χ0v) is 32.0. The number of nitrogens with zero attached hydrogens (tertiary/aromatic N) is 5. The Labute approximate surface area is 306 Å². The number of H-pyrrole nitrogens is 1. The molecule has 2 atom stereocenters. The number of hydrogen-bond acceptors (Lipinski definition) is 7. The first-order valence-corrected chi connectivity index (χ1v) is 21.6. The van der Waals surface area contributed by atoms with Gasteiger partial charge >= 0.3 is 12.3 Å². The molecule has 0 spiro atoms. The van der Waals surface area contributed by atoms with E-state index in [4.69, 9.17) is 14.5 Å². The molecule has 5 rings (SSSR count). The second-order valence-electron chi connectivity index (χ2n) is 15.7. The highest BCUT2D eigenvalue weighted by Gasteiger charge is 2.38. The number of alkyl halides is 3. The van der Waals surface area contributed by atoms with Crippen LogP contribution in [-0.2, 0) is 41.7 Å². The number of amides is 1. The van der Waals surface area contributed by atoms with Crippen molar-refractivity contribution < 1.29 is 27.4 Å². The summed E-state index contributed by atoms with van der Waals surface area (Å²) in [6, 6.07) is 17.7. The van der Waals surface area contributed by atoms with Gasteiger partial charge in [-0.05, 0) is 81.0 Å². The van der Waals surface area contributed by atoms with Crippen LogP contribution in [0.1, 0.15) is 85.3 Å². The summed E-state index contributed by atoms with van der Waals surface area (Å²) in [6.45, 7) is 14.0. The third kappa shape index (κ3) is 11.2. The number of carbonyl (C=O) groups is 1. The van der Waals surface area contributed by atoms with E-state index in [9.17, 15) is 18.0 Å². The Morgan fingerprint density at radius 1 is 0.962 bits per heavy atom. The number of ether oxygens (including phenoxy) is 2. The van der Waals surface area contributed by atoms with Crippen LogP contribution in [0.5, 0.6) is 0 Å². The molecule has 13 heteroatoms. The highest BCUT2D eigenvalue weighted by Crippen LogP contribution is 2.39. The molecule has 1 aromatic carbocycles. The summed E-state index contributed by atoms with van der Waals surface area (Å²) >= 11 is 0. The minimum Gasteiger partial charge on any atom is -0.444 e. The van der Waals surface area contributed by atoms with Gasteiger partial charge in [0.05, 0.1) is 36.6 Å². The van der Waals surface area contributed by atoms with E-state index in [1.165, 1.54) is 0 Å². The first-order chi connectivity index (χ1) is 24.6. The fourth-order valence-electron chi connectivity index (χ4n) is 6.28. The van der Waals surface area contributed by atoms with Crippen LogP contribution in [0.15, 0.2) is 73.2 Å². The molecule has 0 saturated carbocycles. The normalized spacial score (nSPS) is 15.7. The molecular formula is C39H51F3N6O3Si. The van der Waals surface area contributed by atoms with Gasteiger partial charge in [0.25, 0.3) is 0 Å². The van der Waals surface area contributed by atoms with Crippen LogP contribution in [0, 0.1) is 0 Å². The van der Waals surface area contributed by atoms with E-state index in [0.29, 0.717) is 19.7 Å². The summed E-state index contributed by atoms with van der Waals surface area (Å²) in [7, 11) is -1.41. The molecule has 52 heavy (non-hydrogen) atoms. The molecule has 1 amide bonds. The van der Waals surface area contributed by atoms with Crippen LogP contribution < -0.4 is 0 Å². The fraction of sp³-hybridized carbons (Fsp3) is 0.487. The second kappa shape index (κ2) is 16.7. The van der Waals surface area contributed by atoms with Crippen molar-refractivity contribution in [2.24, 2.45) is 0 Å². The molecule has 280 valence electrons. The van der Waals surface area contributed by atoms with Crippen LogP contribution >= 0.6 is 0 Å². The number of fused-ring (bicyclic) bond motifs is 1. The SMILES string of the molecule is CC(C)(C)OC(=O)N(Cc1ccc(CN(C(COCC[Si](C)(C)C)c2nc(C(F)(F)F)c[nH]2)C2CCCc3cccnc32)cc1)Cc1ccccn1. The lowest BCUT2D eigenvalue weighted by molar-refractivity contribution is -0.141. The van der Waals surface area contributed by atoms with E-state index in [1.54, 1.807) is 17.3 Å². The zero-order valence-electron chi connectivity index (χ0n) is 31.0. The van der Waals surface area contributed by atoms with E-state index in [1.807, 2.05) is 69.3 Å². The molecule has 9 nitrogen and oxygen atoms in total. The standard InChI is InChI=1S/C39H51F3N6O3Si/c1-38(2,3)51-37(49)47(26-31-13-7-8-19-43-31)24-28-15-17-29(18-16-28)25-48(32-14-9-11-30-12-10-20-44-35(30)32)33(27-50-21-22-52(4,5)6)36-45-23-34(46-36)39(40,41)42/h7-8,10,12-13,15-20,23,32-33H,9,11,14,21-22,24-27H2,1-6H3,(H,45,46). The number of carbonyl (C=O) groups excluding carboxylic acids is 1. The van der Waals surface area contributed by atoms with Crippen molar-refractivity contribution in [2.75, 3.05) is 13.2 Å². The number of nitrogens with one attached hydrogen (secondary N) is 1. The fourth-order valence-corrected chi connectivity index (χ4v) is 7.04. The van der Waals surface area contributed by atoms with Crippen molar-refractivity contribution in [1.82, 2.24) is 29.7 Å². The highest BCUT2D eigenvalue weighted by molar-refractivity contribution is 6.76. The molecule has 2 unspecified atom stereocenters. The third-order valence-electron chi connectivity index (χ3n) is 8.93. The van der Waals surface area contributed by atoms with Crippen LogP contribution in [-0.4, -0.2) is 62.7 Å². The molecule has 4 aromatic rings. The molecule has 1 N–H and O–H groups in total. The second-order valence-corrected chi connectivity index (χ2v) is 21.3. The maximum Gasteiger partial charge on any atom is 0.434 e. The molecular weight excluding hydrogens is 686 g/mol. The van der Waals surface area contributed by atoms with Crippen molar-refractivity contribution in [3.8, 4) is 0 Å². The molecule has 3 heterocycles. The molecule has 1 aliphatic carbocycles. The number of rotatable bonds is 14. The lowest BCUT2D eigenvalue weighted by atomic mass is 9.89. The molecule has 0 aliphatic heterocycles. The predicted octanol–water partition coefficient (Wildman–Crippen LogP) is 9.13. The van der Waals surface area contributed by atoms with Crippen molar-refractivity contribution in [3.05, 3.63) is 113 Å². The minimum absolute atomic E-state index is 0.171. The molecule has 0 radical (unpaired) electrons. The van der Waals surface area contributed by atoms with Crippen molar-refractivity contribution in [2.45, 2.75) is 109 Å². The first-order valence-electron chi connectivity index (χ1n) is 17.9. The van der Waals surface area contributed by atoms with Gasteiger partial charge in [-0.1, -0.05) is 56.0 Å². The van der Waals surface area contributed by atoms with Crippen LogP contribution in [0.3, 0.4) is 0 Å². The van der Waals surface area contributed by atoms with E-state index >= 15 is 0 Å². The van der Waals surface area contributed by atoms with Gasteiger partial charge in [-0.3, -0.25) is 19.8 Å². The van der Waals surface area contributed by atoms with E-state index in [-0.39, 0.29) is 25.0 Å². The van der Waals surface area contributed by atoms with E-state index < -0.39 is 37.7 Å². The van der Waals surface area contributed by atoms with Gasteiger partial charge in [0, 0.05) is 46.4 Å². The van der Waals surface area contributed by atoms with Crippen molar-refractivity contribution >= 4 is 14.2 Å². The Hall–Kier alpha value is -4.07. The molecule has 3 aromatic heterocycles. The van der Waals surface area contributed by atoms with Gasteiger partial charge in [0.15, 0.2) is 5.69 Å². The number of halogens is 3. The maximum absolute atomic E-state index is 13.8. The van der Waals surface area contributed by atoms with E-state index in [0.717, 1.165) is 59.6 Å². The molecule has 0 saturated heterocycles. The number of aromatic nitrogens is 4. The zero-order chi connectivity index (χ0) is 37.5. The van der Waals surface area contributed by atoms with Gasteiger partial charge in [-0.25, -0.2) is 9.78 Å². The summed E-state index contributed by atoms with van der Waals surface area (Å²) in [4.78, 5) is 33.2. The van der Waals surface area contributed by atoms with Crippen LogP contribution in [0.4, 0.5) is 18.0 Å². The lowest BCUT2D eigenvalue weighted by Gasteiger charge is -2.39. The number of aryl methyl sites for hydroxylation is 1. The average molecular weight is 737 g/mol. The summed E-state index contributed by atoms with van der Waals surface area (Å²) in [6.07, 6.45) is 1.99. The lowest BCUT2D eigenvalue weighted by Crippen LogP contribution is -2.38. The van der Waals surface area contributed by atoms with Gasteiger partial charge in [0.2, 0.25) is 0 Å². The Morgan fingerprint density at radius 3 is 2.31 bits per heavy atom. The number of aromatic amines is 1. The third-order valence-corrected chi connectivity index (χ3v) is 10.6. The Morgan fingerprint density at radius 2 is 1.67 bits per heavy atom. The Bertz CT molecular complexity index is 1740. The first kappa shape index (κ1) is 39.1. The summed E-state index contributed by atoms with van der Waals surface area (Å²) in [5.41, 5.74) is 3.05. The van der Waals surface area contributed by atoms with E-state index in [2.05, 4.69) is 45.6 Å². The van der Waals surface area contributed by atoms with Crippen LogP contribution in [0.2, 0.25) is 25.7 Å². The number of benzene rings is 1. The number of imidazole rings is 1. The Kier molecular flexibility index (Phi) is 12.6. The summed E-state index contributed by atoms with van der Waals surface area (Å²) in [5, 5.41) is 0. The predicted molar refractivity (Wildman–Crippen MR) is 197 cm³/mol. The highest BCUT2D eigenvalue weighted by atomic mass is 28.3. The average Bonchev–Trinajstić information content (AvgIpc) is 3.58. The molecule has 0 bridgehead atoms. The minimum atomic E-state index is -4.58. The quantitative estimate of drug-likeness (QED) is 0.102. The summed E-state index contributed by atoms with van der Waals surface area (Å²) < 4.78 is 53.4. The van der Waals surface area contributed by atoms with Gasteiger partial charge in [-0.2, -0.15) is 13.2 Å². The van der Waals surface area contributed by atoms with Crippen LogP contribution in [0.25, 0.3) is 0 Å². The smallest absolute Gasteiger partial charge is 0.434 e. The van der Waals surface area contributed by atoms with Crippen molar-refractivity contribution in [1.29, 1.82) is 0 Å². The van der Waals surface area contributed by atoms with Gasteiger partial charge < -0.3 is 14.5 Å². The number of pyridine rings is 2. The maximum atomic E-state index is 13.8. The monoisotopic (exact) mass is 736 g/mol. The summed E-state index contributed by atoms with van der Waals surface area (Å²) in [5.74, 6) is 0.211. The van der Waals surface area contributed by atoms with Gasteiger partial charge in [-0.15, -0.1) is 0 Å². The topological polar surface area (TPSA) is 96.5 Å². The largest absolute Gasteiger partial charge is 0.444 e. The Balaban J connectivity index is 1.45. The molecule has 1 aliphatic rings. The molecule has 0 fully saturated rings. The van der Waals surface area contributed by atoms with Crippen molar-refractivity contribution in [3.63, 3.8) is 0 Å². The van der Waals surface area contributed by atoms with Gasteiger partial charge in [0.1, 0.15) is 11.4 Å².